The van der Waals surface area contributed by atoms with Crippen LogP contribution in [0.5, 0.6) is 0 Å². The van der Waals surface area contributed by atoms with Crippen LogP contribution < -0.4 is 5.43 Å². The fourth-order valence-electron chi connectivity index (χ4n) is 1.12. The normalized spacial score (nSPS) is 10.7. The molecule has 4 nitrogen and oxygen atoms in total. The van der Waals surface area contributed by atoms with Gasteiger partial charge in [-0.15, -0.1) is 5.11 Å². The van der Waals surface area contributed by atoms with Gasteiger partial charge in [-0.1, -0.05) is 23.4 Å². The maximum Gasteiger partial charge on any atom is 0.190 e. The minimum atomic E-state index is 0.525. The van der Waals surface area contributed by atoms with Crippen LogP contribution in [-0.4, -0.2) is 4.98 Å². The average molecular weight is 356 g/mol. The first kappa shape index (κ1) is 12.2. The first-order chi connectivity index (χ1) is 8.25. The van der Waals surface area contributed by atoms with Crippen LogP contribution in [0.4, 0.5) is 11.5 Å². The molecule has 0 aliphatic heterocycles. The third-order valence-electron chi connectivity index (χ3n) is 1.89. The van der Waals surface area contributed by atoms with Gasteiger partial charge in [0.05, 0.1) is 10.2 Å². The van der Waals surface area contributed by atoms with Crippen LogP contribution in [0, 0.1) is 0 Å². The number of hydrogen-bond donors (Lipinski definition) is 1. The standard InChI is InChI=1S/C11H8Br2N4/c12-8-6-10(13)11(14-7-8)16-17-15-9-4-2-1-3-5-9/h1-7H,(H,14,15,16). The van der Waals surface area contributed by atoms with Crippen molar-refractivity contribution in [2.45, 2.75) is 0 Å². The van der Waals surface area contributed by atoms with E-state index in [2.05, 4.69) is 52.6 Å². The van der Waals surface area contributed by atoms with Crippen LogP contribution in [0.15, 0.2) is 61.9 Å². The molecule has 0 saturated heterocycles. The Kier molecular flexibility index (Phi) is 4.22. The van der Waals surface area contributed by atoms with E-state index in [1.807, 2.05) is 36.4 Å². The molecule has 6 heteroatoms. The van der Waals surface area contributed by atoms with Crippen molar-refractivity contribution >= 4 is 43.4 Å². The van der Waals surface area contributed by atoms with E-state index in [0.717, 1.165) is 14.6 Å². The average Bonchev–Trinajstić information content (AvgIpc) is 2.33. The molecule has 0 amide bonds. The molecule has 17 heavy (non-hydrogen) atoms. The molecule has 86 valence electrons. The Balaban J connectivity index is 2.06. The minimum absolute atomic E-state index is 0.525. The van der Waals surface area contributed by atoms with Gasteiger partial charge in [-0.05, 0) is 50.1 Å². The summed E-state index contributed by atoms with van der Waals surface area (Å²) < 4.78 is 1.67. The highest BCUT2D eigenvalue weighted by molar-refractivity contribution is 9.11. The highest BCUT2D eigenvalue weighted by Gasteiger charge is 2.00. The zero-order chi connectivity index (χ0) is 12.1. The van der Waals surface area contributed by atoms with Gasteiger partial charge >= 0.3 is 0 Å². The van der Waals surface area contributed by atoms with Crippen LogP contribution in [0.1, 0.15) is 0 Å². The quantitative estimate of drug-likeness (QED) is 0.639. The summed E-state index contributed by atoms with van der Waals surface area (Å²) in [5.74, 6) is 0.525. The van der Waals surface area contributed by atoms with Crippen molar-refractivity contribution in [2.24, 2.45) is 10.3 Å². The second-order valence-corrected chi connectivity index (χ2v) is 4.91. The molecule has 0 bridgehead atoms. The van der Waals surface area contributed by atoms with Crippen LogP contribution in [-0.2, 0) is 0 Å². The fourth-order valence-corrected chi connectivity index (χ4v) is 2.19. The molecule has 0 unspecified atom stereocenters. The number of benzene rings is 1. The zero-order valence-electron chi connectivity index (χ0n) is 8.64. The molecule has 0 saturated carbocycles. The number of anilines is 1. The number of halogens is 2. The smallest absolute Gasteiger partial charge is 0.190 e. The SMILES string of the molecule is Brc1cnc(N=NNc2ccccc2)c(Br)c1. The lowest BCUT2D eigenvalue weighted by atomic mass is 10.3. The molecule has 0 spiro atoms. The molecule has 1 aromatic heterocycles. The number of aromatic nitrogens is 1. The maximum absolute atomic E-state index is 4.11. The van der Waals surface area contributed by atoms with Crippen LogP contribution in [0.25, 0.3) is 0 Å². The van der Waals surface area contributed by atoms with E-state index in [0.29, 0.717) is 5.82 Å². The monoisotopic (exact) mass is 354 g/mol. The van der Waals surface area contributed by atoms with Gasteiger partial charge in [0.1, 0.15) is 0 Å². The van der Waals surface area contributed by atoms with Crippen molar-refractivity contribution in [3.63, 3.8) is 0 Å². The van der Waals surface area contributed by atoms with Crippen molar-refractivity contribution in [3.8, 4) is 0 Å². The van der Waals surface area contributed by atoms with Crippen molar-refractivity contribution in [3.05, 3.63) is 51.5 Å². The van der Waals surface area contributed by atoms with Gasteiger partial charge < -0.3 is 0 Å². The van der Waals surface area contributed by atoms with E-state index in [1.54, 1.807) is 6.20 Å². The number of pyridine rings is 1. The number of para-hydroxylation sites is 1. The highest BCUT2D eigenvalue weighted by Crippen LogP contribution is 2.25. The van der Waals surface area contributed by atoms with Crippen molar-refractivity contribution in [2.75, 3.05) is 5.43 Å². The molecule has 0 aliphatic carbocycles. The van der Waals surface area contributed by atoms with E-state index in [-0.39, 0.29) is 0 Å². The van der Waals surface area contributed by atoms with Gasteiger partial charge in [0.15, 0.2) is 5.82 Å². The van der Waals surface area contributed by atoms with Gasteiger partial charge in [-0.3, -0.25) is 5.43 Å². The number of nitrogens with zero attached hydrogens (tertiary/aromatic N) is 3. The molecule has 0 aliphatic rings. The number of nitrogens with one attached hydrogen (secondary N) is 1. The predicted octanol–water partition coefficient (Wildman–Crippen LogP) is 4.72. The third-order valence-corrected chi connectivity index (χ3v) is 2.90. The summed E-state index contributed by atoms with van der Waals surface area (Å²) in [7, 11) is 0. The van der Waals surface area contributed by atoms with E-state index in [9.17, 15) is 0 Å². The molecule has 2 aromatic rings. The highest BCUT2D eigenvalue weighted by atomic mass is 79.9. The Morgan fingerprint density at radius 1 is 1.12 bits per heavy atom. The summed E-state index contributed by atoms with van der Waals surface area (Å²) in [5.41, 5.74) is 3.70. The zero-order valence-corrected chi connectivity index (χ0v) is 11.8. The van der Waals surface area contributed by atoms with Crippen molar-refractivity contribution in [1.29, 1.82) is 0 Å². The Labute approximate surface area is 115 Å². The summed E-state index contributed by atoms with van der Waals surface area (Å²) in [4.78, 5) is 4.11. The molecular weight excluding hydrogens is 348 g/mol. The van der Waals surface area contributed by atoms with E-state index in [1.165, 1.54) is 0 Å². The minimum Gasteiger partial charge on any atom is -0.260 e. The Morgan fingerprint density at radius 2 is 1.88 bits per heavy atom. The van der Waals surface area contributed by atoms with E-state index >= 15 is 0 Å². The van der Waals surface area contributed by atoms with Crippen molar-refractivity contribution < 1.29 is 0 Å². The molecule has 0 radical (unpaired) electrons. The lowest BCUT2D eigenvalue weighted by Gasteiger charge is -1.98. The lowest BCUT2D eigenvalue weighted by Crippen LogP contribution is -1.85. The van der Waals surface area contributed by atoms with Gasteiger partial charge in [0.25, 0.3) is 0 Å². The van der Waals surface area contributed by atoms with Gasteiger partial charge in [0.2, 0.25) is 0 Å². The second kappa shape index (κ2) is 5.88. The molecule has 0 fully saturated rings. The summed E-state index contributed by atoms with van der Waals surface area (Å²) in [6.45, 7) is 0. The summed E-state index contributed by atoms with van der Waals surface area (Å²) >= 11 is 6.68. The summed E-state index contributed by atoms with van der Waals surface area (Å²) in [6.07, 6.45) is 1.67. The van der Waals surface area contributed by atoms with Gasteiger partial charge in [0, 0.05) is 10.7 Å². The fraction of sp³-hybridized carbons (Fsp3) is 0. The maximum atomic E-state index is 4.11. The first-order valence-electron chi connectivity index (χ1n) is 4.78. The van der Waals surface area contributed by atoms with Crippen LogP contribution in [0.3, 0.4) is 0 Å². The van der Waals surface area contributed by atoms with Crippen LogP contribution in [0.2, 0.25) is 0 Å². The predicted molar refractivity (Wildman–Crippen MR) is 74.2 cm³/mol. The molecule has 1 aromatic carbocycles. The van der Waals surface area contributed by atoms with E-state index in [4.69, 9.17) is 0 Å². The van der Waals surface area contributed by atoms with Crippen LogP contribution >= 0.6 is 31.9 Å². The summed E-state index contributed by atoms with van der Waals surface area (Å²) in [5, 5.41) is 7.85. The van der Waals surface area contributed by atoms with Crippen molar-refractivity contribution in [1.82, 2.24) is 4.98 Å². The largest absolute Gasteiger partial charge is 0.260 e. The number of rotatable bonds is 3. The van der Waals surface area contributed by atoms with E-state index < -0.39 is 0 Å². The number of hydrogen-bond acceptors (Lipinski definition) is 3. The van der Waals surface area contributed by atoms with Gasteiger partial charge in [-0.2, -0.15) is 0 Å². The molecule has 1 heterocycles. The first-order valence-corrected chi connectivity index (χ1v) is 6.37. The summed E-state index contributed by atoms with van der Waals surface area (Å²) in [6, 6.07) is 11.5. The Hall–Kier alpha value is -1.27. The molecular formula is C11H8Br2N4. The Bertz CT molecular complexity index is 528. The molecule has 0 atom stereocenters. The van der Waals surface area contributed by atoms with Gasteiger partial charge in [-0.25, -0.2) is 4.98 Å². The topological polar surface area (TPSA) is 49.6 Å². The third kappa shape index (κ3) is 3.61. The lowest BCUT2D eigenvalue weighted by molar-refractivity contribution is 1.08. The Morgan fingerprint density at radius 3 is 2.59 bits per heavy atom. The molecule has 2 rings (SSSR count). The molecule has 1 N–H and O–H groups in total. The second-order valence-electron chi connectivity index (χ2n) is 3.14.